The molecule has 1 saturated heterocycles. The van der Waals surface area contributed by atoms with Crippen LogP contribution in [0.4, 0.5) is 26.3 Å². The minimum absolute atomic E-state index is 0.152. The van der Waals surface area contributed by atoms with Crippen LogP contribution in [0.25, 0.3) is 0 Å². The highest BCUT2D eigenvalue weighted by molar-refractivity contribution is 7.85. The predicted molar refractivity (Wildman–Crippen MR) is 116 cm³/mol. The molecular weight excluding hydrogens is 562 g/mol. The van der Waals surface area contributed by atoms with Crippen LogP contribution in [0, 0.1) is 46.8 Å². The number of carbonyl (C=O) groups excluding carboxylic acids is 2. The minimum Gasteiger partial charge on any atom is -0.459 e. The van der Waals surface area contributed by atoms with Crippen LogP contribution in [0.15, 0.2) is 0 Å². The Bertz CT molecular complexity index is 1120. The Morgan fingerprint density at radius 1 is 0.872 bits per heavy atom. The molecule has 1 heterocycles. The molecule has 7 aliphatic rings. The van der Waals surface area contributed by atoms with Gasteiger partial charge in [-0.25, -0.2) is 0 Å². The standard InChI is InChI=1S/C24H28F6O8S/c25-23(26,27)22(24(28,29)30,9-39(33,34)35)38-19(31)16-14-4-13-15(16)8-36-17(13)18(14)37-20(32)21-5-10-1-11(6-21)3-12(2-10)7-21/h10-18H,1-9H2,(H,33,34,35). The van der Waals surface area contributed by atoms with Crippen molar-refractivity contribution in [2.45, 2.75) is 75.1 Å². The van der Waals surface area contributed by atoms with Gasteiger partial charge in [0.25, 0.3) is 10.1 Å². The molecule has 6 bridgehead atoms. The Kier molecular flexibility index (Phi) is 5.98. The summed E-state index contributed by atoms with van der Waals surface area (Å²) in [5, 5.41) is 0. The number of ether oxygens (including phenoxy) is 3. The van der Waals surface area contributed by atoms with Crippen LogP contribution in [0.2, 0.25) is 0 Å². The molecule has 0 aromatic rings. The van der Waals surface area contributed by atoms with Gasteiger partial charge >= 0.3 is 29.9 Å². The number of rotatable bonds is 6. The number of hydrogen-bond donors (Lipinski definition) is 1. The lowest BCUT2D eigenvalue weighted by Crippen LogP contribution is -2.64. The van der Waals surface area contributed by atoms with Gasteiger partial charge in [-0.05, 0) is 68.6 Å². The van der Waals surface area contributed by atoms with Gasteiger partial charge in [-0.15, -0.1) is 0 Å². The Labute approximate surface area is 219 Å². The van der Waals surface area contributed by atoms with Gasteiger partial charge in [-0.3, -0.25) is 14.1 Å². The van der Waals surface area contributed by atoms with Crippen LogP contribution in [-0.2, 0) is 33.9 Å². The van der Waals surface area contributed by atoms with Crippen LogP contribution in [-0.4, -0.2) is 67.4 Å². The predicted octanol–water partition coefficient (Wildman–Crippen LogP) is 3.69. The molecule has 1 N–H and O–H groups in total. The average Bonchev–Trinajstić information content (AvgIpc) is 3.39. The average molecular weight is 591 g/mol. The fraction of sp³-hybridized carbons (Fsp3) is 0.917. The number of alkyl halides is 6. The first-order valence-electron chi connectivity index (χ1n) is 13.1. The summed E-state index contributed by atoms with van der Waals surface area (Å²) in [7, 11) is -5.90. The topological polar surface area (TPSA) is 116 Å². The monoisotopic (exact) mass is 590 g/mol. The van der Waals surface area contributed by atoms with E-state index < -0.39 is 87.1 Å². The van der Waals surface area contributed by atoms with E-state index in [1.165, 1.54) is 0 Å². The van der Waals surface area contributed by atoms with E-state index in [9.17, 15) is 44.3 Å². The summed E-state index contributed by atoms with van der Waals surface area (Å²) in [5.41, 5.74) is -6.15. The molecule has 6 aliphatic carbocycles. The molecule has 6 saturated carbocycles. The summed E-state index contributed by atoms with van der Waals surface area (Å²) in [4.78, 5) is 26.6. The number of hydrogen-bond acceptors (Lipinski definition) is 7. The lowest BCUT2D eigenvalue weighted by molar-refractivity contribution is -0.362. The maximum Gasteiger partial charge on any atom is 0.438 e. The molecule has 6 atom stereocenters. The Balaban J connectivity index is 1.25. The van der Waals surface area contributed by atoms with Crippen LogP contribution in [0.3, 0.4) is 0 Å². The Hall–Kier alpha value is -1.61. The van der Waals surface area contributed by atoms with Crippen molar-refractivity contribution in [2.75, 3.05) is 12.4 Å². The minimum atomic E-state index is -6.41. The van der Waals surface area contributed by atoms with Crippen LogP contribution in [0.5, 0.6) is 0 Å². The van der Waals surface area contributed by atoms with E-state index in [1.54, 1.807) is 0 Å². The Morgan fingerprint density at radius 3 is 1.90 bits per heavy atom. The summed E-state index contributed by atoms with van der Waals surface area (Å²) in [6, 6.07) is 0. The molecule has 7 rings (SSSR count). The van der Waals surface area contributed by atoms with Crippen LogP contribution >= 0.6 is 0 Å². The van der Waals surface area contributed by atoms with Gasteiger partial charge < -0.3 is 14.2 Å². The fourth-order valence-electron chi connectivity index (χ4n) is 9.17. The van der Waals surface area contributed by atoms with Crippen LogP contribution < -0.4 is 0 Å². The molecule has 15 heteroatoms. The summed E-state index contributed by atoms with van der Waals surface area (Å²) in [6.45, 7) is -0.152. The highest BCUT2D eigenvalue weighted by Crippen LogP contribution is 2.63. The van der Waals surface area contributed by atoms with Gasteiger partial charge in [0.05, 0.1) is 24.0 Å². The molecule has 6 unspecified atom stereocenters. The lowest BCUT2D eigenvalue weighted by atomic mass is 9.49. The van der Waals surface area contributed by atoms with E-state index in [0.29, 0.717) is 37.0 Å². The van der Waals surface area contributed by atoms with Gasteiger partial charge in [-0.1, -0.05) is 0 Å². The number of carbonyl (C=O) groups is 2. The molecule has 0 aromatic heterocycles. The molecule has 7 fully saturated rings. The summed E-state index contributed by atoms with van der Waals surface area (Å²) in [5.74, 6) is -7.74. The highest BCUT2D eigenvalue weighted by atomic mass is 32.2. The molecule has 8 nitrogen and oxygen atoms in total. The second-order valence-electron chi connectivity index (χ2n) is 12.6. The lowest BCUT2D eigenvalue weighted by Gasteiger charge is -2.55. The zero-order valence-corrected chi connectivity index (χ0v) is 21.4. The van der Waals surface area contributed by atoms with Crippen molar-refractivity contribution in [3.05, 3.63) is 0 Å². The van der Waals surface area contributed by atoms with E-state index in [1.807, 2.05) is 0 Å². The van der Waals surface area contributed by atoms with Gasteiger partial charge in [0.15, 0.2) is 0 Å². The summed E-state index contributed by atoms with van der Waals surface area (Å²) in [6.07, 6.45) is -9.11. The third kappa shape index (κ3) is 4.19. The van der Waals surface area contributed by atoms with E-state index in [0.717, 1.165) is 19.3 Å². The van der Waals surface area contributed by atoms with E-state index in [-0.39, 0.29) is 13.0 Å². The van der Waals surface area contributed by atoms with E-state index >= 15 is 0 Å². The van der Waals surface area contributed by atoms with Gasteiger partial charge in [0.2, 0.25) is 0 Å². The van der Waals surface area contributed by atoms with Crippen molar-refractivity contribution in [3.8, 4) is 0 Å². The van der Waals surface area contributed by atoms with Crippen LogP contribution in [0.1, 0.15) is 44.9 Å². The summed E-state index contributed by atoms with van der Waals surface area (Å²) >= 11 is 0. The third-order valence-corrected chi connectivity index (χ3v) is 11.0. The highest BCUT2D eigenvalue weighted by Gasteiger charge is 2.77. The summed E-state index contributed by atoms with van der Waals surface area (Å²) < 4.78 is 130. The number of fused-ring (bicyclic) bond motifs is 1. The van der Waals surface area contributed by atoms with Crippen molar-refractivity contribution in [3.63, 3.8) is 0 Å². The maximum absolute atomic E-state index is 13.8. The smallest absolute Gasteiger partial charge is 0.438 e. The zero-order chi connectivity index (χ0) is 28.3. The molecule has 0 spiro atoms. The Morgan fingerprint density at radius 2 is 1.41 bits per heavy atom. The zero-order valence-electron chi connectivity index (χ0n) is 20.5. The first-order chi connectivity index (χ1) is 17.9. The van der Waals surface area contributed by atoms with Gasteiger partial charge in [0.1, 0.15) is 11.9 Å². The molecule has 0 aromatic carbocycles. The van der Waals surface area contributed by atoms with Crippen molar-refractivity contribution in [1.29, 1.82) is 0 Å². The second-order valence-corrected chi connectivity index (χ2v) is 14.0. The second kappa shape index (κ2) is 8.46. The number of esters is 2. The van der Waals surface area contributed by atoms with E-state index in [2.05, 4.69) is 4.74 Å². The fourth-order valence-corrected chi connectivity index (χ4v) is 10.1. The SMILES string of the molecule is O=C(OC(CS(=O)(=O)O)(C(F)(F)F)C(F)(F)F)C1C2COC3C2CC1C3OC(=O)C12CC3CC(CC(C3)C1)C2. The van der Waals surface area contributed by atoms with Crippen molar-refractivity contribution in [1.82, 2.24) is 0 Å². The maximum atomic E-state index is 13.8. The largest absolute Gasteiger partial charge is 0.459 e. The van der Waals surface area contributed by atoms with E-state index in [4.69, 9.17) is 14.0 Å². The van der Waals surface area contributed by atoms with Crippen molar-refractivity contribution in [2.24, 2.45) is 46.8 Å². The van der Waals surface area contributed by atoms with Crippen molar-refractivity contribution >= 4 is 22.1 Å². The molecule has 0 radical (unpaired) electrons. The molecule has 220 valence electrons. The molecular formula is C24H28F6O8S. The molecule has 39 heavy (non-hydrogen) atoms. The third-order valence-electron chi connectivity index (χ3n) is 10.2. The van der Waals surface area contributed by atoms with Crippen molar-refractivity contribution < 1.29 is 63.1 Å². The van der Waals surface area contributed by atoms with Gasteiger partial charge in [0, 0.05) is 11.8 Å². The normalized spacial score (nSPS) is 42.7. The first-order valence-corrected chi connectivity index (χ1v) is 14.7. The number of halogens is 6. The molecule has 1 aliphatic heterocycles. The first kappa shape index (κ1) is 27.6. The quantitative estimate of drug-likeness (QED) is 0.283. The molecule has 0 amide bonds. The van der Waals surface area contributed by atoms with Gasteiger partial charge in [-0.2, -0.15) is 34.8 Å².